The molecular formula is C32H35N6+. The number of aromatic nitrogens is 4. The Morgan fingerprint density at radius 1 is 0.921 bits per heavy atom. The van der Waals surface area contributed by atoms with Gasteiger partial charge in [-0.1, -0.05) is 42.5 Å². The Morgan fingerprint density at radius 3 is 2.53 bits per heavy atom. The molecule has 0 bridgehead atoms. The van der Waals surface area contributed by atoms with Crippen LogP contribution in [0, 0.1) is 5.92 Å². The average Bonchev–Trinajstić information content (AvgIpc) is 3.62. The third-order valence-electron chi connectivity index (χ3n) is 8.66. The van der Waals surface area contributed by atoms with Crippen LogP contribution in [0.25, 0.3) is 38.9 Å². The molecule has 38 heavy (non-hydrogen) atoms. The fourth-order valence-electron chi connectivity index (χ4n) is 6.63. The van der Waals surface area contributed by atoms with E-state index in [-0.39, 0.29) is 0 Å². The van der Waals surface area contributed by atoms with E-state index in [1.54, 1.807) is 0 Å². The predicted molar refractivity (Wildman–Crippen MR) is 153 cm³/mol. The quantitative estimate of drug-likeness (QED) is 0.289. The van der Waals surface area contributed by atoms with Crippen molar-refractivity contribution < 1.29 is 4.40 Å². The number of likely N-dealkylation sites (tertiary alicyclic amines) is 1. The van der Waals surface area contributed by atoms with Crippen molar-refractivity contribution in [2.45, 2.75) is 44.4 Å². The zero-order chi connectivity index (χ0) is 25.5. The van der Waals surface area contributed by atoms with Gasteiger partial charge in [-0.3, -0.25) is 0 Å². The van der Waals surface area contributed by atoms with E-state index in [2.05, 4.69) is 80.1 Å². The van der Waals surface area contributed by atoms with Gasteiger partial charge in [0.2, 0.25) is 5.52 Å². The molecule has 6 nitrogen and oxygen atoms in total. The van der Waals surface area contributed by atoms with Gasteiger partial charge in [-0.05, 0) is 75.7 Å². The fourth-order valence-corrected chi connectivity index (χ4v) is 6.63. The summed E-state index contributed by atoms with van der Waals surface area (Å²) in [6, 6.07) is 21.1. The lowest BCUT2D eigenvalue weighted by atomic mass is 9.81. The number of nitrogens with two attached hydrogens (primary N) is 1. The summed E-state index contributed by atoms with van der Waals surface area (Å²) in [5.41, 5.74) is 12.6. The molecule has 4 heterocycles. The smallest absolute Gasteiger partial charge is 0.263 e. The van der Waals surface area contributed by atoms with Crippen molar-refractivity contribution in [3.63, 3.8) is 0 Å². The molecule has 1 aliphatic carbocycles. The number of nitrogen functional groups attached to an aromatic ring is 1. The predicted octanol–water partition coefficient (Wildman–Crippen LogP) is 5.98. The minimum Gasteiger partial charge on any atom is -0.380 e. The molecular weight excluding hydrogens is 468 g/mol. The minimum atomic E-state index is 0.496. The van der Waals surface area contributed by atoms with Crippen LogP contribution in [-0.2, 0) is 0 Å². The Bertz CT molecular complexity index is 1580. The summed E-state index contributed by atoms with van der Waals surface area (Å²) in [7, 11) is 0. The van der Waals surface area contributed by atoms with Crippen LogP contribution in [0.15, 0.2) is 73.1 Å². The second kappa shape index (κ2) is 9.84. The van der Waals surface area contributed by atoms with Gasteiger partial charge < -0.3 is 10.6 Å². The van der Waals surface area contributed by atoms with Crippen molar-refractivity contribution in [1.29, 1.82) is 0 Å². The molecule has 0 radical (unpaired) electrons. The minimum absolute atomic E-state index is 0.496. The SMILES string of the molecule is Nc1ncc[n+]2c(C3CCC(CN4CCCC4)CC3)[nH]c(-c3ccc4ccc(-c5ccccc5)nc4c3)c12. The van der Waals surface area contributed by atoms with E-state index < -0.39 is 0 Å². The first-order valence-corrected chi connectivity index (χ1v) is 14.1. The molecule has 0 unspecified atom stereocenters. The largest absolute Gasteiger partial charge is 0.380 e. The summed E-state index contributed by atoms with van der Waals surface area (Å²) in [4.78, 5) is 16.0. The molecule has 0 amide bonds. The highest BCUT2D eigenvalue weighted by Gasteiger charge is 2.33. The lowest BCUT2D eigenvalue weighted by molar-refractivity contribution is -0.523. The number of fused-ring (bicyclic) bond motifs is 2. The number of aromatic amines is 1. The zero-order valence-electron chi connectivity index (χ0n) is 21.8. The van der Waals surface area contributed by atoms with E-state index in [4.69, 9.17) is 10.7 Å². The van der Waals surface area contributed by atoms with E-state index in [9.17, 15) is 0 Å². The van der Waals surface area contributed by atoms with Crippen LogP contribution in [0.1, 0.15) is 50.3 Å². The topological polar surface area (TPSA) is 74.9 Å². The number of pyridine rings is 1. The molecule has 2 aromatic carbocycles. The summed E-state index contributed by atoms with van der Waals surface area (Å²) in [6.07, 6.45) is 11.6. The molecule has 1 saturated heterocycles. The first kappa shape index (κ1) is 23.4. The van der Waals surface area contributed by atoms with Crippen molar-refractivity contribution >= 4 is 22.2 Å². The summed E-state index contributed by atoms with van der Waals surface area (Å²) >= 11 is 0. The Morgan fingerprint density at radius 2 is 1.71 bits per heavy atom. The lowest BCUT2D eigenvalue weighted by Gasteiger charge is -2.29. The van der Waals surface area contributed by atoms with Crippen LogP contribution in [0.3, 0.4) is 0 Å². The highest BCUT2D eigenvalue weighted by molar-refractivity contribution is 5.89. The number of nitrogens with zero attached hydrogens (tertiary/aromatic N) is 4. The van der Waals surface area contributed by atoms with E-state index in [0.29, 0.717) is 11.7 Å². The fraction of sp³-hybridized carbons (Fsp3) is 0.344. The monoisotopic (exact) mass is 503 g/mol. The molecule has 1 aliphatic heterocycles. The van der Waals surface area contributed by atoms with Crippen molar-refractivity contribution in [2.24, 2.45) is 5.92 Å². The van der Waals surface area contributed by atoms with Crippen molar-refractivity contribution in [1.82, 2.24) is 19.9 Å². The normalized spacial score (nSPS) is 20.4. The molecule has 6 heteroatoms. The molecule has 0 spiro atoms. The third kappa shape index (κ3) is 4.33. The molecule has 3 aromatic heterocycles. The van der Waals surface area contributed by atoms with Crippen molar-refractivity contribution in [2.75, 3.05) is 25.4 Å². The molecule has 2 fully saturated rings. The molecule has 3 N–H and O–H groups in total. The Kier molecular flexibility index (Phi) is 6.05. The number of hydrogen-bond donors (Lipinski definition) is 2. The third-order valence-corrected chi connectivity index (χ3v) is 8.66. The number of imidazole rings is 1. The summed E-state index contributed by atoms with van der Waals surface area (Å²) in [6.45, 7) is 3.86. The van der Waals surface area contributed by atoms with E-state index >= 15 is 0 Å². The molecule has 192 valence electrons. The number of anilines is 1. The average molecular weight is 504 g/mol. The van der Waals surface area contributed by atoms with Gasteiger partial charge in [-0.15, -0.1) is 0 Å². The maximum Gasteiger partial charge on any atom is 0.263 e. The van der Waals surface area contributed by atoms with Gasteiger partial charge in [0.1, 0.15) is 6.20 Å². The van der Waals surface area contributed by atoms with Crippen LogP contribution < -0.4 is 10.1 Å². The van der Waals surface area contributed by atoms with Crippen LogP contribution in [0.5, 0.6) is 0 Å². The molecule has 1 saturated carbocycles. The van der Waals surface area contributed by atoms with Gasteiger partial charge in [0.05, 0.1) is 23.3 Å². The Balaban J connectivity index is 1.23. The summed E-state index contributed by atoms with van der Waals surface area (Å²) in [5.74, 6) is 3.12. The van der Waals surface area contributed by atoms with Crippen LogP contribution in [0.2, 0.25) is 0 Å². The number of hydrogen-bond acceptors (Lipinski definition) is 4. The van der Waals surface area contributed by atoms with Crippen LogP contribution >= 0.6 is 0 Å². The van der Waals surface area contributed by atoms with Gasteiger partial charge in [-0.25, -0.2) is 15.0 Å². The molecule has 0 atom stereocenters. The zero-order valence-corrected chi connectivity index (χ0v) is 21.8. The summed E-state index contributed by atoms with van der Waals surface area (Å²) in [5, 5.41) is 1.12. The number of nitrogens with one attached hydrogen (secondary N) is 1. The first-order chi connectivity index (χ1) is 18.7. The van der Waals surface area contributed by atoms with Crippen LogP contribution in [-0.4, -0.2) is 39.5 Å². The van der Waals surface area contributed by atoms with E-state index in [0.717, 1.165) is 44.9 Å². The number of rotatable bonds is 5. The summed E-state index contributed by atoms with van der Waals surface area (Å²) < 4.78 is 2.25. The molecule has 5 aromatic rings. The van der Waals surface area contributed by atoms with Gasteiger partial charge in [0.25, 0.3) is 5.82 Å². The van der Waals surface area contributed by atoms with E-state index in [1.807, 2.05) is 12.3 Å². The van der Waals surface area contributed by atoms with Crippen molar-refractivity contribution in [3.05, 3.63) is 78.9 Å². The standard InChI is InChI=1S/C32H34N6/c33-31-30-29(26-13-12-24-14-15-27(35-28(24)20-26)23-6-2-1-3-7-23)36-32(38(30)19-16-34-31)25-10-8-22(9-11-25)21-37-17-4-5-18-37/h1-3,6-7,12-16,19-20,22,25H,4-5,8-11,17-18,21H2,(H2,33,34)/p+1. The van der Waals surface area contributed by atoms with Crippen LogP contribution in [0.4, 0.5) is 5.82 Å². The molecule has 7 rings (SSSR count). The van der Waals surface area contributed by atoms with Gasteiger partial charge in [0.15, 0.2) is 11.5 Å². The highest BCUT2D eigenvalue weighted by atomic mass is 15.1. The lowest BCUT2D eigenvalue weighted by Crippen LogP contribution is -2.32. The van der Waals surface area contributed by atoms with Crippen molar-refractivity contribution in [3.8, 4) is 22.5 Å². The van der Waals surface area contributed by atoms with Gasteiger partial charge >= 0.3 is 0 Å². The maximum atomic E-state index is 6.49. The number of benzene rings is 2. The first-order valence-electron chi connectivity index (χ1n) is 14.1. The van der Waals surface area contributed by atoms with E-state index in [1.165, 1.54) is 64.0 Å². The Hall–Kier alpha value is -3.77. The van der Waals surface area contributed by atoms with Gasteiger partial charge in [-0.2, -0.15) is 4.40 Å². The van der Waals surface area contributed by atoms with Gasteiger partial charge in [0, 0.05) is 23.1 Å². The number of H-pyrrole nitrogens is 1. The second-order valence-corrected chi connectivity index (χ2v) is 11.1. The maximum absolute atomic E-state index is 6.49. The highest BCUT2D eigenvalue weighted by Crippen LogP contribution is 2.37. The second-order valence-electron chi connectivity index (χ2n) is 11.1. The Labute approximate surface area is 223 Å². The molecule has 2 aliphatic rings.